The van der Waals surface area contributed by atoms with Gasteiger partial charge in [0.25, 0.3) is 0 Å². The van der Waals surface area contributed by atoms with Gasteiger partial charge in [0.1, 0.15) is 6.04 Å². The van der Waals surface area contributed by atoms with Crippen molar-refractivity contribution in [2.24, 2.45) is 0 Å². The minimum absolute atomic E-state index is 0.0372. The zero-order chi connectivity index (χ0) is 21.4. The van der Waals surface area contributed by atoms with Crippen LogP contribution in [0, 0.1) is 13.8 Å². The first-order valence-corrected chi connectivity index (χ1v) is 11.3. The third kappa shape index (κ3) is 7.09. The van der Waals surface area contributed by atoms with Crippen LogP contribution in [-0.2, 0) is 21.9 Å². The zero-order valence-corrected chi connectivity index (χ0v) is 19.1. The van der Waals surface area contributed by atoms with E-state index in [0.717, 1.165) is 11.3 Å². The Bertz CT molecular complexity index is 819. The Morgan fingerprint density at radius 3 is 2.24 bits per heavy atom. The number of thioether (sulfide) groups is 1. The van der Waals surface area contributed by atoms with Crippen molar-refractivity contribution in [2.75, 3.05) is 12.8 Å². The molecule has 0 saturated heterocycles. The smallest absolute Gasteiger partial charge is 0.242 e. The van der Waals surface area contributed by atoms with E-state index in [9.17, 15) is 9.59 Å². The summed E-state index contributed by atoms with van der Waals surface area (Å²) in [6.07, 6.45) is 0.556. The van der Waals surface area contributed by atoms with E-state index in [-0.39, 0.29) is 11.8 Å². The number of carbonyl (C=O) groups excluding carboxylic acids is 2. The lowest BCUT2D eigenvalue weighted by Gasteiger charge is -2.30. The van der Waals surface area contributed by atoms with Crippen molar-refractivity contribution in [1.29, 1.82) is 0 Å². The molecule has 0 bridgehead atoms. The molecule has 2 rings (SSSR count). The van der Waals surface area contributed by atoms with E-state index >= 15 is 0 Å². The van der Waals surface area contributed by atoms with Crippen molar-refractivity contribution >= 4 is 35.2 Å². The van der Waals surface area contributed by atoms with Crippen LogP contribution in [-0.4, -0.2) is 35.6 Å². The van der Waals surface area contributed by atoms with Gasteiger partial charge in [0.15, 0.2) is 0 Å². The van der Waals surface area contributed by atoms with Crippen LogP contribution < -0.4 is 5.32 Å². The molecule has 2 aromatic rings. The highest BCUT2D eigenvalue weighted by molar-refractivity contribution is 7.99. The molecule has 156 valence electrons. The second kappa shape index (κ2) is 11.3. The van der Waals surface area contributed by atoms with Gasteiger partial charge in [0, 0.05) is 24.4 Å². The van der Waals surface area contributed by atoms with E-state index in [4.69, 9.17) is 11.6 Å². The molecule has 2 aromatic carbocycles. The predicted octanol–water partition coefficient (Wildman–Crippen LogP) is 4.74. The maximum absolute atomic E-state index is 13.1. The number of carbonyl (C=O) groups is 2. The van der Waals surface area contributed by atoms with Gasteiger partial charge >= 0.3 is 0 Å². The SMILES string of the molecule is CC[C@@H](C(=O)NC)N(Cc1ccc(Cl)cc1)C(=O)CSCc1cc(C)cc(C)c1. The molecular formula is C23H29ClN2O2S. The summed E-state index contributed by atoms with van der Waals surface area (Å²) < 4.78 is 0. The lowest BCUT2D eigenvalue weighted by Crippen LogP contribution is -2.48. The minimum atomic E-state index is -0.495. The molecule has 29 heavy (non-hydrogen) atoms. The van der Waals surface area contributed by atoms with Crippen molar-refractivity contribution in [3.05, 3.63) is 69.7 Å². The molecule has 0 saturated carbocycles. The van der Waals surface area contributed by atoms with E-state index in [1.165, 1.54) is 16.7 Å². The summed E-state index contributed by atoms with van der Waals surface area (Å²) in [5, 5.41) is 3.33. The molecule has 1 atom stereocenters. The van der Waals surface area contributed by atoms with Crippen molar-refractivity contribution < 1.29 is 9.59 Å². The highest BCUT2D eigenvalue weighted by atomic mass is 35.5. The van der Waals surface area contributed by atoms with Crippen molar-refractivity contribution in [3.8, 4) is 0 Å². The molecule has 4 nitrogen and oxygen atoms in total. The third-order valence-electron chi connectivity index (χ3n) is 4.67. The van der Waals surface area contributed by atoms with Gasteiger partial charge in [0.2, 0.25) is 11.8 Å². The summed E-state index contributed by atoms with van der Waals surface area (Å²) in [5.41, 5.74) is 4.61. The molecule has 0 aromatic heterocycles. The lowest BCUT2D eigenvalue weighted by atomic mass is 10.1. The first kappa shape index (κ1) is 23.3. The van der Waals surface area contributed by atoms with Crippen LogP contribution in [0.3, 0.4) is 0 Å². The highest BCUT2D eigenvalue weighted by Gasteiger charge is 2.27. The summed E-state index contributed by atoms with van der Waals surface area (Å²) in [6, 6.07) is 13.3. The Morgan fingerprint density at radius 1 is 1.07 bits per heavy atom. The number of hydrogen-bond donors (Lipinski definition) is 1. The number of aryl methyl sites for hydroxylation is 2. The van der Waals surface area contributed by atoms with Crippen LogP contribution in [0.1, 0.15) is 35.6 Å². The number of benzene rings is 2. The fraction of sp³-hybridized carbons (Fsp3) is 0.391. The number of rotatable bonds is 9. The van der Waals surface area contributed by atoms with Crippen LogP contribution >= 0.6 is 23.4 Å². The monoisotopic (exact) mass is 432 g/mol. The Morgan fingerprint density at radius 2 is 1.69 bits per heavy atom. The van der Waals surface area contributed by atoms with Gasteiger partial charge in [0.05, 0.1) is 5.75 Å². The molecule has 0 fully saturated rings. The Balaban J connectivity index is 2.10. The van der Waals surface area contributed by atoms with Crippen molar-refractivity contribution in [2.45, 2.75) is 45.5 Å². The average molecular weight is 433 g/mol. The molecule has 0 spiro atoms. The number of halogens is 1. The molecule has 0 unspecified atom stereocenters. The first-order valence-electron chi connectivity index (χ1n) is 9.74. The molecule has 2 amide bonds. The third-order valence-corrected chi connectivity index (χ3v) is 5.91. The van der Waals surface area contributed by atoms with Crippen molar-refractivity contribution in [1.82, 2.24) is 10.2 Å². The largest absolute Gasteiger partial charge is 0.357 e. The Hall–Kier alpha value is -1.98. The standard InChI is InChI=1S/C23H29ClN2O2S/c1-5-21(23(28)25-4)26(13-18-6-8-20(24)9-7-18)22(27)15-29-14-19-11-16(2)10-17(3)12-19/h6-12,21H,5,13-15H2,1-4H3,(H,25,28)/t21-/m0/s1. The maximum Gasteiger partial charge on any atom is 0.242 e. The molecule has 0 radical (unpaired) electrons. The van der Waals surface area contributed by atoms with Gasteiger partial charge in [-0.1, -0.05) is 60.0 Å². The van der Waals surface area contributed by atoms with Gasteiger partial charge in [-0.15, -0.1) is 11.8 Å². The van der Waals surface area contributed by atoms with E-state index < -0.39 is 6.04 Å². The molecule has 6 heteroatoms. The topological polar surface area (TPSA) is 49.4 Å². The molecule has 0 aliphatic rings. The van der Waals surface area contributed by atoms with Gasteiger partial charge in [-0.3, -0.25) is 9.59 Å². The second-order valence-electron chi connectivity index (χ2n) is 7.18. The lowest BCUT2D eigenvalue weighted by molar-refractivity contribution is -0.139. The van der Waals surface area contributed by atoms with Crippen LogP contribution in [0.4, 0.5) is 0 Å². The van der Waals surface area contributed by atoms with E-state index in [1.54, 1.807) is 35.8 Å². The summed E-state index contributed by atoms with van der Waals surface area (Å²) >= 11 is 7.55. The Labute approximate surface area is 183 Å². The summed E-state index contributed by atoms with van der Waals surface area (Å²) in [6.45, 7) is 6.46. The fourth-order valence-electron chi connectivity index (χ4n) is 3.36. The van der Waals surface area contributed by atoms with Crippen LogP contribution in [0.2, 0.25) is 5.02 Å². The number of nitrogens with zero attached hydrogens (tertiary/aromatic N) is 1. The molecule has 0 aliphatic carbocycles. The normalized spacial score (nSPS) is 11.8. The number of nitrogens with one attached hydrogen (secondary N) is 1. The number of hydrogen-bond acceptors (Lipinski definition) is 3. The summed E-state index contributed by atoms with van der Waals surface area (Å²) in [5.74, 6) is 0.910. The van der Waals surface area contributed by atoms with E-state index in [1.807, 2.05) is 19.1 Å². The van der Waals surface area contributed by atoms with E-state index in [2.05, 4.69) is 37.4 Å². The quantitative estimate of drug-likeness (QED) is 0.622. The summed E-state index contributed by atoms with van der Waals surface area (Å²) in [7, 11) is 1.60. The van der Waals surface area contributed by atoms with Gasteiger partial charge < -0.3 is 10.2 Å². The highest BCUT2D eigenvalue weighted by Crippen LogP contribution is 2.19. The molecular weight excluding hydrogens is 404 g/mol. The molecule has 0 aliphatic heterocycles. The van der Waals surface area contributed by atoms with Gasteiger partial charge in [-0.25, -0.2) is 0 Å². The number of likely N-dealkylation sites (N-methyl/N-ethyl adjacent to an activating group) is 1. The van der Waals surface area contributed by atoms with Crippen LogP contribution in [0.25, 0.3) is 0 Å². The van der Waals surface area contributed by atoms with Gasteiger partial charge in [-0.2, -0.15) is 0 Å². The molecule has 1 N–H and O–H groups in total. The van der Waals surface area contributed by atoms with Crippen molar-refractivity contribution in [3.63, 3.8) is 0 Å². The van der Waals surface area contributed by atoms with Crippen LogP contribution in [0.5, 0.6) is 0 Å². The first-order chi connectivity index (χ1) is 13.8. The average Bonchev–Trinajstić information content (AvgIpc) is 2.68. The van der Waals surface area contributed by atoms with Crippen LogP contribution in [0.15, 0.2) is 42.5 Å². The minimum Gasteiger partial charge on any atom is -0.357 e. The second-order valence-corrected chi connectivity index (χ2v) is 8.60. The van der Waals surface area contributed by atoms with E-state index in [0.29, 0.717) is 23.7 Å². The predicted molar refractivity (Wildman–Crippen MR) is 122 cm³/mol. The summed E-state index contributed by atoms with van der Waals surface area (Å²) in [4.78, 5) is 27.1. The maximum atomic E-state index is 13.1. The zero-order valence-electron chi connectivity index (χ0n) is 17.5. The number of amides is 2. The molecule has 0 heterocycles. The van der Waals surface area contributed by atoms with Gasteiger partial charge in [-0.05, 0) is 43.5 Å². The fourth-order valence-corrected chi connectivity index (χ4v) is 4.33. The Kier molecular flexibility index (Phi) is 9.05.